The summed E-state index contributed by atoms with van der Waals surface area (Å²) in [4.78, 5) is 10.9. The smallest absolute Gasteiger partial charge is 0.330 e. The van der Waals surface area contributed by atoms with Crippen LogP contribution < -0.4 is 0 Å². The highest BCUT2D eigenvalue weighted by Gasteiger charge is 1.90. The molecule has 1 aromatic carbocycles. The molecule has 0 aliphatic rings. The molecule has 0 radical (unpaired) electrons. The molecule has 0 bridgehead atoms. The summed E-state index contributed by atoms with van der Waals surface area (Å²) >= 11 is 0. The van der Waals surface area contributed by atoms with Crippen LogP contribution in [0.1, 0.15) is 18.9 Å². The van der Waals surface area contributed by atoms with Crippen LogP contribution in [-0.4, -0.2) is 12.6 Å². The van der Waals surface area contributed by atoms with Crippen LogP contribution in [0.15, 0.2) is 48.6 Å². The Balaban J connectivity index is 2.30. The number of carbonyl (C=O) groups is 1. The summed E-state index contributed by atoms with van der Waals surface area (Å²) in [6.07, 6.45) is 8.00. The largest absolute Gasteiger partial charge is 0.463 e. The molecule has 0 aromatic heterocycles. The van der Waals surface area contributed by atoms with Gasteiger partial charge in [-0.2, -0.15) is 0 Å². The molecule has 0 amide bonds. The van der Waals surface area contributed by atoms with Gasteiger partial charge in [-0.05, 0) is 18.9 Å². The van der Waals surface area contributed by atoms with Crippen LogP contribution in [0, 0.1) is 0 Å². The lowest BCUT2D eigenvalue weighted by Crippen LogP contribution is -1.98. The van der Waals surface area contributed by atoms with E-state index in [0.29, 0.717) is 6.61 Å². The van der Waals surface area contributed by atoms with Gasteiger partial charge in [0.2, 0.25) is 0 Å². The van der Waals surface area contributed by atoms with Crippen molar-refractivity contribution in [1.82, 2.24) is 0 Å². The van der Waals surface area contributed by atoms with Crippen LogP contribution in [0.2, 0.25) is 0 Å². The van der Waals surface area contributed by atoms with Crippen molar-refractivity contribution < 1.29 is 9.53 Å². The average Bonchev–Trinajstić information content (AvgIpc) is 2.30. The lowest BCUT2D eigenvalue weighted by atomic mass is 10.2. The molecule has 16 heavy (non-hydrogen) atoms. The molecular formula is C14H16O2. The van der Waals surface area contributed by atoms with Crippen LogP contribution in [0.25, 0.3) is 6.08 Å². The Morgan fingerprint density at radius 3 is 2.69 bits per heavy atom. The van der Waals surface area contributed by atoms with Crippen molar-refractivity contribution in [2.45, 2.75) is 13.3 Å². The minimum Gasteiger partial charge on any atom is -0.463 e. The summed E-state index contributed by atoms with van der Waals surface area (Å²) in [5, 5.41) is 0. The summed E-state index contributed by atoms with van der Waals surface area (Å²) in [6, 6.07) is 10.0. The first-order valence-electron chi connectivity index (χ1n) is 5.38. The first-order chi connectivity index (χ1) is 7.83. The van der Waals surface area contributed by atoms with Gasteiger partial charge in [-0.3, -0.25) is 0 Å². The Hall–Kier alpha value is -1.83. The number of allylic oxidation sites excluding steroid dienone is 2. The van der Waals surface area contributed by atoms with Crippen molar-refractivity contribution in [1.29, 1.82) is 0 Å². The molecule has 0 spiro atoms. The summed E-state index contributed by atoms with van der Waals surface area (Å²) in [5.74, 6) is -0.282. The van der Waals surface area contributed by atoms with Crippen LogP contribution >= 0.6 is 0 Å². The van der Waals surface area contributed by atoms with Gasteiger partial charge in [0.15, 0.2) is 0 Å². The predicted molar refractivity (Wildman–Crippen MR) is 65.9 cm³/mol. The average molecular weight is 216 g/mol. The van der Waals surface area contributed by atoms with E-state index in [1.807, 2.05) is 42.5 Å². The lowest BCUT2D eigenvalue weighted by Gasteiger charge is -1.93. The van der Waals surface area contributed by atoms with Gasteiger partial charge < -0.3 is 4.74 Å². The monoisotopic (exact) mass is 216 g/mol. The number of carbonyl (C=O) groups excluding carboxylic acids is 1. The second-order valence-corrected chi connectivity index (χ2v) is 3.20. The van der Waals surface area contributed by atoms with E-state index < -0.39 is 0 Å². The summed E-state index contributed by atoms with van der Waals surface area (Å²) in [5.41, 5.74) is 1.16. The van der Waals surface area contributed by atoms with Crippen molar-refractivity contribution in [3.63, 3.8) is 0 Å². The number of hydrogen-bond acceptors (Lipinski definition) is 2. The molecule has 1 aromatic rings. The second-order valence-electron chi connectivity index (χ2n) is 3.20. The van der Waals surface area contributed by atoms with Gasteiger partial charge in [-0.25, -0.2) is 4.79 Å². The number of esters is 1. The zero-order valence-corrected chi connectivity index (χ0v) is 9.43. The summed E-state index contributed by atoms with van der Waals surface area (Å²) < 4.78 is 4.76. The number of benzene rings is 1. The quantitative estimate of drug-likeness (QED) is 0.558. The zero-order valence-electron chi connectivity index (χ0n) is 9.43. The fourth-order valence-corrected chi connectivity index (χ4v) is 1.20. The van der Waals surface area contributed by atoms with Gasteiger partial charge in [-0.15, -0.1) is 0 Å². The van der Waals surface area contributed by atoms with Gasteiger partial charge in [0.05, 0.1) is 6.61 Å². The Bertz CT molecular complexity index is 364. The molecule has 0 fully saturated rings. The van der Waals surface area contributed by atoms with E-state index in [4.69, 9.17) is 4.74 Å². The Labute approximate surface area is 96.2 Å². The first kappa shape index (κ1) is 12.2. The van der Waals surface area contributed by atoms with E-state index in [1.54, 1.807) is 13.0 Å². The number of rotatable bonds is 5. The molecule has 0 saturated carbocycles. The second kappa shape index (κ2) is 7.46. The highest BCUT2D eigenvalue weighted by Crippen LogP contribution is 2.01. The predicted octanol–water partition coefficient (Wildman–Crippen LogP) is 3.21. The van der Waals surface area contributed by atoms with Crippen molar-refractivity contribution >= 4 is 12.0 Å². The van der Waals surface area contributed by atoms with Crippen LogP contribution in [0.5, 0.6) is 0 Å². The Kier molecular flexibility index (Phi) is 5.71. The molecule has 84 valence electrons. The van der Waals surface area contributed by atoms with Crippen LogP contribution in [0.3, 0.4) is 0 Å². The maximum atomic E-state index is 10.9. The highest BCUT2D eigenvalue weighted by atomic mass is 16.5. The van der Waals surface area contributed by atoms with Crippen LogP contribution in [-0.2, 0) is 9.53 Å². The maximum absolute atomic E-state index is 10.9. The molecule has 0 atom stereocenters. The fourth-order valence-electron chi connectivity index (χ4n) is 1.20. The summed E-state index contributed by atoms with van der Waals surface area (Å²) in [6.45, 7) is 2.21. The van der Waals surface area contributed by atoms with Gasteiger partial charge in [0, 0.05) is 6.08 Å². The summed E-state index contributed by atoms with van der Waals surface area (Å²) in [7, 11) is 0. The van der Waals surface area contributed by atoms with E-state index in [0.717, 1.165) is 12.0 Å². The SMILES string of the molecule is CCOC(=O)/C=C/C/C=C/c1ccccc1. The fraction of sp³-hybridized carbons (Fsp3) is 0.214. The van der Waals surface area contributed by atoms with E-state index >= 15 is 0 Å². The van der Waals surface area contributed by atoms with Crippen molar-refractivity contribution in [2.24, 2.45) is 0 Å². The van der Waals surface area contributed by atoms with Gasteiger partial charge in [0.1, 0.15) is 0 Å². The molecule has 0 unspecified atom stereocenters. The van der Waals surface area contributed by atoms with Gasteiger partial charge >= 0.3 is 5.97 Å². The van der Waals surface area contributed by atoms with Crippen molar-refractivity contribution in [3.05, 3.63) is 54.1 Å². The van der Waals surface area contributed by atoms with Gasteiger partial charge in [0.25, 0.3) is 0 Å². The topological polar surface area (TPSA) is 26.3 Å². The molecule has 0 aliphatic carbocycles. The molecule has 0 N–H and O–H groups in total. The molecule has 0 heterocycles. The first-order valence-corrected chi connectivity index (χ1v) is 5.38. The molecular weight excluding hydrogens is 200 g/mol. The van der Waals surface area contributed by atoms with Crippen molar-refractivity contribution in [2.75, 3.05) is 6.61 Å². The minimum atomic E-state index is -0.282. The molecule has 2 nitrogen and oxygen atoms in total. The minimum absolute atomic E-state index is 0.282. The van der Waals surface area contributed by atoms with E-state index in [-0.39, 0.29) is 5.97 Å². The lowest BCUT2D eigenvalue weighted by molar-refractivity contribution is -0.137. The molecule has 1 rings (SSSR count). The molecule has 0 aliphatic heterocycles. The maximum Gasteiger partial charge on any atom is 0.330 e. The highest BCUT2D eigenvalue weighted by molar-refractivity contribution is 5.81. The molecule has 0 saturated heterocycles. The Morgan fingerprint density at radius 2 is 2.00 bits per heavy atom. The number of hydrogen-bond donors (Lipinski definition) is 0. The van der Waals surface area contributed by atoms with Gasteiger partial charge in [-0.1, -0.05) is 48.6 Å². The van der Waals surface area contributed by atoms with E-state index in [2.05, 4.69) is 0 Å². The van der Waals surface area contributed by atoms with Crippen molar-refractivity contribution in [3.8, 4) is 0 Å². The standard InChI is InChI=1S/C14H16O2/c1-2-16-14(15)12-8-4-7-11-13-9-5-3-6-10-13/h3,5-12H,2,4H2,1H3/b11-7+,12-8+. The normalized spacial score (nSPS) is 11.1. The molecule has 2 heteroatoms. The third kappa shape index (κ3) is 5.15. The number of ether oxygens (including phenoxy) is 1. The van der Waals surface area contributed by atoms with E-state index in [9.17, 15) is 4.79 Å². The third-order valence-electron chi connectivity index (χ3n) is 1.92. The van der Waals surface area contributed by atoms with E-state index in [1.165, 1.54) is 6.08 Å². The third-order valence-corrected chi connectivity index (χ3v) is 1.92. The zero-order chi connectivity index (χ0) is 11.6. The van der Waals surface area contributed by atoms with Crippen LogP contribution in [0.4, 0.5) is 0 Å². The Morgan fingerprint density at radius 1 is 1.25 bits per heavy atom.